The molecular formula is C12H8ClNO2. The highest BCUT2D eigenvalue weighted by molar-refractivity contribution is 6.54. The average Bonchev–Trinajstić information content (AvgIpc) is 2.52. The van der Waals surface area contributed by atoms with E-state index in [9.17, 15) is 9.59 Å². The second kappa shape index (κ2) is 3.99. The van der Waals surface area contributed by atoms with Gasteiger partial charge in [-0.1, -0.05) is 23.6 Å². The number of para-hydroxylation sites is 1. The maximum Gasteiger partial charge on any atom is 0.300 e. The van der Waals surface area contributed by atoms with E-state index in [1.165, 1.54) is 4.90 Å². The van der Waals surface area contributed by atoms with Gasteiger partial charge in [0.2, 0.25) is 0 Å². The molecule has 1 heterocycles. The van der Waals surface area contributed by atoms with Crippen molar-refractivity contribution >= 4 is 29.0 Å². The molecule has 0 radical (unpaired) electrons. The Hall–Kier alpha value is -1.79. The molecule has 4 heteroatoms. The summed E-state index contributed by atoms with van der Waals surface area (Å²) in [4.78, 5) is 24.6. The third-order valence-electron chi connectivity index (χ3n) is 2.35. The molecule has 0 aliphatic carbocycles. The van der Waals surface area contributed by atoms with Gasteiger partial charge in [-0.15, -0.1) is 5.92 Å². The lowest BCUT2D eigenvalue weighted by molar-refractivity contribution is -0.114. The number of rotatable bonds is 1. The van der Waals surface area contributed by atoms with Gasteiger partial charge in [-0.3, -0.25) is 14.5 Å². The fourth-order valence-electron chi connectivity index (χ4n) is 1.62. The number of hydrogen-bond donors (Lipinski definition) is 0. The summed E-state index contributed by atoms with van der Waals surface area (Å²) < 4.78 is 0. The largest absolute Gasteiger partial charge is 0.300 e. The van der Waals surface area contributed by atoms with Crippen LogP contribution in [0.3, 0.4) is 0 Å². The van der Waals surface area contributed by atoms with Crippen LogP contribution in [0.5, 0.6) is 0 Å². The Kier molecular flexibility index (Phi) is 2.67. The monoisotopic (exact) mass is 233 g/mol. The van der Waals surface area contributed by atoms with Crippen LogP contribution in [0, 0.1) is 11.8 Å². The van der Waals surface area contributed by atoms with Crippen molar-refractivity contribution in [2.45, 2.75) is 6.92 Å². The molecule has 1 aromatic rings. The topological polar surface area (TPSA) is 37.4 Å². The molecule has 0 saturated heterocycles. The highest BCUT2D eigenvalue weighted by Gasteiger charge is 2.36. The molecular weight excluding hydrogens is 226 g/mol. The van der Waals surface area contributed by atoms with Crippen molar-refractivity contribution < 1.29 is 9.59 Å². The Balaban J connectivity index is 2.54. The molecule has 1 aromatic carbocycles. The maximum absolute atomic E-state index is 11.7. The molecule has 0 saturated carbocycles. The first-order valence-electron chi connectivity index (χ1n) is 4.71. The molecule has 0 fully saturated rings. The van der Waals surface area contributed by atoms with Gasteiger partial charge in [-0.25, -0.2) is 0 Å². The number of halogens is 1. The summed E-state index contributed by atoms with van der Waals surface area (Å²) in [5.41, 5.74) is 0.831. The molecule has 1 amide bonds. The minimum absolute atomic E-state index is 0.192. The van der Waals surface area contributed by atoms with Crippen molar-refractivity contribution in [2.75, 3.05) is 11.4 Å². The van der Waals surface area contributed by atoms with E-state index in [0.717, 1.165) is 0 Å². The van der Waals surface area contributed by atoms with E-state index in [1.54, 1.807) is 25.1 Å². The lowest BCUT2D eigenvalue weighted by Crippen LogP contribution is -2.30. The predicted molar refractivity (Wildman–Crippen MR) is 61.6 cm³/mol. The van der Waals surface area contributed by atoms with E-state index in [-0.39, 0.29) is 6.54 Å². The predicted octanol–water partition coefficient (Wildman–Crippen LogP) is 1.89. The van der Waals surface area contributed by atoms with E-state index in [4.69, 9.17) is 11.6 Å². The van der Waals surface area contributed by atoms with Crippen LogP contribution in [-0.2, 0) is 4.79 Å². The first-order chi connectivity index (χ1) is 7.66. The average molecular weight is 234 g/mol. The summed E-state index contributed by atoms with van der Waals surface area (Å²) in [5, 5.41) is 0.398. The Morgan fingerprint density at radius 2 is 2.12 bits per heavy atom. The summed E-state index contributed by atoms with van der Waals surface area (Å²) in [7, 11) is 0. The highest BCUT2D eigenvalue weighted by Crippen LogP contribution is 2.35. The smallest absolute Gasteiger partial charge is 0.292 e. The SMILES string of the molecule is CC#CCN1C(=O)C(=O)c2cccc(Cl)c21. The Bertz CT molecular complexity index is 540. The third-order valence-corrected chi connectivity index (χ3v) is 2.66. The van der Waals surface area contributed by atoms with Crippen molar-refractivity contribution in [3.63, 3.8) is 0 Å². The minimum Gasteiger partial charge on any atom is -0.292 e. The zero-order valence-corrected chi connectivity index (χ0v) is 9.34. The number of Topliss-reactive ketones (excluding diaryl/α,β-unsaturated/α-hetero) is 1. The van der Waals surface area contributed by atoms with Crippen molar-refractivity contribution in [1.29, 1.82) is 0 Å². The highest BCUT2D eigenvalue weighted by atomic mass is 35.5. The normalized spacial score (nSPS) is 13.5. The van der Waals surface area contributed by atoms with Crippen LogP contribution < -0.4 is 4.90 Å². The lowest BCUT2D eigenvalue weighted by Gasteiger charge is -2.13. The third kappa shape index (κ3) is 1.48. The number of carbonyl (C=O) groups is 2. The van der Waals surface area contributed by atoms with E-state index in [1.807, 2.05) is 0 Å². The Morgan fingerprint density at radius 3 is 2.81 bits per heavy atom. The van der Waals surface area contributed by atoms with Crippen molar-refractivity contribution in [1.82, 2.24) is 0 Å². The first-order valence-corrected chi connectivity index (χ1v) is 5.09. The Morgan fingerprint density at radius 1 is 1.38 bits per heavy atom. The molecule has 1 aliphatic heterocycles. The quantitative estimate of drug-likeness (QED) is 0.549. The van der Waals surface area contributed by atoms with Gasteiger partial charge in [0, 0.05) is 0 Å². The zero-order valence-electron chi connectivity index (χ0n) is 8.58. The van der Waals surface area contributed by atoms with E-state index in [0.29, 0.717) is 16.3 Å². The molecule has 3 nitrogen and oxygen atoms in total. The summed E-state index contributed by atoms with van der Waals surface area (Å²) in [5.74, 6) is 4.35. The maximum atomic E-state index is 11.7. The number of benzene rings is 1. The van der Waals surface area contributed by atoms with Gasteiger partial charge in [-0.2, -0.15) is 0 Å². The summed E-state index contributed by atoms with van der Waals surface area (Å²) in [6, 6.07) is 4.90. The molecule has 16 heavy (non-hydrogen) atoms. The number of anilines is 1. The van der Waals surface area contributed by atoms with E-state index in [2.05, 4.69) is 11.8 Å². The summed E-state index contributed by atoms with van der Waals surface area (Å²) >= 11 is 5.98. The van der Waals surface area contributed by atoms with Crippen LogP contribution in [0.2, 0.25) is 5.02 Å². The van der Waals surface area contributed by atoms with Gasteiger partial charge in [0.15, 0.2) is 0 Å². The number of ketones is 1. The number of amides is 1. The Labute approximate surface area is 98.0 Å². The number of nitrogens with zero attached hydrogens (tertiary/aromatic N) is 1. The molecule has 0 unspecified atom stereocenters. The molecule has 2 rings (SSSR count). The molecule has 0 spiro atoms. The van der Waals surface area contributed by atoms with Crippen LogP contribution in [0.4, 0.5) is 5.69 Å². The first kappa shape index (κ1) is 10.7. The van der Waals surface area contributed by atoms with Gasteiger partial charge < -0.3 is 0 Å². The van der Waals surface area contributed by atoms with E-state index < -0.39 is 11.7 Å². The van der Waals surface area contributed by atoms with Crippen LogP contribution in [0.15, 0.2) is 18.2 Å². The molecule has 0 aromatic heterocycles. The number of hydrogen-bond acceptors (Lipinski definition) is 2. The lowest BCUT2D eigenvalue weighted by atomic mass is 10.1. The van der Waals surface area contributed by atoms with Crippen LogP contribution in [0.25, 0.3) is 0 Å². The van der Waals surface area contributed by atoms with Crippen molar-refractivity contribution in [3.8, 4) is 11.8 Å². The fourth-order valence-corrected chi connectivity index (χ4v) is 1.90. The van der Waals surface area contributed by atoms with Gasteiger partial charge >= 0.3 is 0 Å². The van der Waals surface area contributed by atoms with Crippen LogP contribution in [0.1, 0.15) is 17.3 Å². The standard InChI is InChI=1S/C12H8ClNO2/c1-2-3-7-14-10-8(11(15)12(14)16)5-4-6-9(10)13/h4-6H,7H2,1H3. The number of fused-ring (bicyclic) bond motifs is 1. The van der Waals surface area contributed by atoms with Gasteiger partial charge in [0.25, 0.3) is 11.7 Å². The van der Waals surface area contributed by atoms with Crippen LogP contribution >= 0.6 is 11.6 Å². The second-order valence-corrected chi connectivity index (χ2v) is 3.69. The molecule has 0 bridgehead atoms. The van der Waals surface area contributed by atoms with Crippen molar-refractivity contribution in [2.24, 2.45) is 0 Å². The van der Waals surface area contributed by atoms with Gasteiger partial charge in [-0.05, 0) is 19.1 Å². The summed E-state index contributed by atoms with van der Waals surface area (Å²) in [6.07, 6.45) is 0. The molecule has 0 atom stereocenters. The van der Waals surface area contributed by atoms with Gasteiger partial charge in [0.1, 0.15) is 0 Å². The van der Waals surface area contributed by atoms with Crippen molar-refractivity contribution in [3.05, 3.63) is 28.8 Å². The van der Waals surface area contributed by atoms with Gasteiger partial charge in [0.05, 0.1) is 22.8 Å². The second-order valence-electron chi connectivity index (χ2n) is 3.28. The number of carbonyl (C=O) groups excluding carboxylic acids is 2. The molecule has 1 aliphatic rings. The zero-order chi connectivity index (χ0) is 11.7. The fraction of sp³-hybridized carbons (Fsp3) is 0.167. The van der Waals surface area contributed by atoms with Crippen LogP contribution in [-0.4, -0.2) is 18.2 Å². The molecule has 0 N–H and O–H groups in total. The summed E-state index contributed by atoms with van der Waals surface area (Å²) in [6.45, 7) is 1.87. The molecule has 80 valence electrons. The van der Waals surface area contributed by atoms with E-state index >= 15 is 0 Å². The minimum atomic E-state index is -0.564.